The molecule has 6 nitrogen and oxygen atoms in total. The Morgan fingerprint density at radius 2 is 1.93 bits per heavy atom. The van der Waals surface area contributed by atoms with Crippen molar-refractivity contribution in [3.63, 3.8) is 0 Å². The number of rotatable bonds is 12. The molecule has 1 aliphatic heterocycles. The first kappa shape index (κ1) is 24.6. The Hall–Kier alpha value is -1.63. The van der Waals surface area contributed by atoms with Crippen LogP contribution in [-0.4, -0.2) is 63.5 Å². The smallest absolute Gasteiger partial charge is 0.191 e. The third-order valence-corrected chi connectivity index (χ3v) is 5.62. The summed E-state index contributed by atoms with van der Waals surface area (Å²) in [6.07, 6.45) is 3.23. The van der Waals surface area contributed by atoms with E-state index in [0.717, 1.165) is 71.3 Å². The summed E-state index contributed by atoms with van der Waals surface area (Å²) >= 11 is 0. The molecule has 1 fully saturated rings. The van der Waals surface area contributed by atoms with Crippen LogP contribution in [0.15, 0.2) is 29.3 Å². The minimum atomic E-state index is 0.522. The molecule has 1 aromatic carbocycles. The number of benzene rings is 1. The van der Waals surface area contributed by atoms with Crippen LogP contribution in [-0.2, 0) is 22.6 Å². The molecule has 0 atom stereocenters. The number of nitrogens with zero attached hydrogens (tertiary/aromatic N) is 2. The molecule has 1 aromatic rings. The summed E-state index contributed by atoms with van der Waals surface area (Å²) < 4.78 is 11.3. The molecule has 1 saturated heterocycles. The fourth-order valence-electron chi connectivity index (χ4n) is 3.37. The summed E-state index contributed by atoms with van der Waals surface area (Å²) in [5.74, 6) is 1.54. The highest BCUT2D eigenvalue weighted by molar-refractivity contribution is 5.79. The molecule has 2 rings (SSSR count). The third-order valence-electron chi connectivity index (χ3n) is 5.62. The van der Waals surface area contributed by atoms with Gasteiger partial charge < -0.3 is 20.1 Å². The van der Waals surface area contributed by atoms with Crippen molar-refractivity contribution in [2.75, 3.05) is 46.6 Å². The highest BCUT2D eigenvalue weighted by Crippen LogP contribution is 2.15. The van der Waals surface area contributed by atoms with E-state index in [0.29, 0.717) is 18.5 Å². The van der Waals surface area contributed by atoms with Crippen LogP contribution in [0.1, 0.15) is 51.2 Å². The van der Waals surface area contributed by atoms with Gasteiger partial charge in [-0.25, -0.2) is 4.99 Å². The Balaban J connectivity index is 1.75. The molecular weight excluding hydrogens is 376 g/mol. The first-order valence-corrected chi connectivity index (χ1v) is 11.5. The normalized spacial score (nSPS) is 15.7. The van der Waals surface area contributed by atoms with Crippen LogP contribution in [0, 0.1) is 5.92 Å². The lowest BCUT2D eigenvalue weighted by molar-refractivity contribution is 0.0203. The lowest BCUT2D eigenvalue weighted by atomic mass is 10.0. The number of hydrogen-bond acceptors (Lipinski definition) is 4. The molecule has 30 heavy (non-hydrogen) atoms. The maximum Gasteiger partial charge on any atom is 0.191 e. The minimum absolute atomic E-state index is 0.522. The Labute approximate surface area is 183 Å². The average Bonchev–Trinajstić information content (AvgIpc) is 2.75. The number of hydrogen-bond donors (Lipinski definition) is 2. The van der Waals surface area contributed by atoms with Crippen LogP contribution in [0.25, 0.3) is 0 Å². The summed E-state index contributed by atoms with van der Waals surface area (Å²) in [6.45, 7) is 13.3. The van der Waals surface area contributed by atoms with E-state index in [-0.39, 0.29) is 0 Å². The predicted octanol–water partition coefficient (Wildman–Crippen LogP) is 3.42. The van der Waals surface area contributed by atoms with Crippen molar-refractivity contribution in [1.29, 1.82) is 0 Å². The maximum atomic E-state index is 5.86. The zero-order valence-electron chi connectivity index (χ0n) is 19.5. The van der Waals surface area contributed by atoms with E-state index in [4.69, 9.17) is 14.5 Å². The van der Waals surface area contributed by atoms with Crippen molar-refractivity contribution in [3.05, 3.63) is 35.4 Å². The maximum absolute atomic E-state index is 5.86. The first-order chi connectivity index (χ1) is 14.6. The van der Waals surface area contributed by atoms with Crippen LogP contribution in [0.5, 0.6) is 0 Å². The molecule has 0 spiro atoms. The van der Waals surface area contributed by atoms with Gasteiger partial charge in [0.05, 0.1) is 6.54 Å². The second-order valence-corrected chi connectivity index (χ2v) is 8.38. The molecular formula is C24H42N4O2. The molecule has 1 heterocycles. The zero-order chi connectivity index (χ0) is 21.6. The van der Waals surface area contributed by atoms with Gasteiger partial charge in [-0.15, -0.1) is 0 Å². The van der Waals surface area contributed by atoms with E-state index < -0.39 is 0 Å². The van der Waals surface area contributed by atoms with E-state index in [1.807, 2.05) is 0 Å². The van der Waals surface area contributed by atoms with Crippen LogP contribution in [0.2, 0.25) is 0 Å². The Morgan fingerprint density at radius 1 is 1.20 bits per heavy atom. The van der Waals surface area contributed by atoms with Crippen molar-refractivity contribution in [2.24, 2.45) is 10.9 Å². The monoisotopic (exact) mass is 418 g/mol. The third kappa shape index (κ3) is 9.45. The Kier molecular flexibility index (Phi) is 11.8. The van der Waals surface area contributed by atoms with E-state index in [9.17, 15) is 0 Å². The van der Waals surface area contributed by atoms with Gasteiger partial charge in [-0.1, -0.05) is 24.3 Å². The van der Waals surface area contributed by atoms with Gasteiger partial charge in [-0.05, 0) is 64.1 Å². The van der Waals surface area contributed by atoms with E-state index >= 15 is 0 Å². The molecule has 2 N–H and O–H groups in total. The standard InChI is InChI=1S/C24H42N4O2/c1-5-25-24(26-13-8-14-30-19-21-11-15-29-16-12-21)27-17-22-9-6-7-10-23(22)18-28(4)20(2)3/h6-7,9-10,20-21H,5,8,11-19H2,1-4H3,(H2,25,26,27). The summed E-state index contributed by atoms with van der Waals surface area (Å²) in [6, 6.07) is 9.12. The van der Waals surface area contributed by atoms with Gasteiger partial charge in [0.2, 0.25) is 0 Å². The SMILES string of the molecule is CCNC(=NCc1ccccc1CN(C)C(C)C)NCCCOCC1CCOCC1. The van der Waals surface area contributed by atoms with Crippen LogP contribution in [0.4, 0.5) is 0 Å². The van der Waals surface area contributed by atoms with Crippen LogP contribution >= 0.6 is 0 Å². The molecule has 0 aliphatic carbocycles. The molecule has 0 unspecified atom stereocenters. The summed E-state index contributed by atoms with van der Waals surface area (Å²) in [7, 11) is 2.17. The van der Waals surface area contributed by atoms with E-state index in [2.05, 4.69) is 67.6 Å². The highest BCUT2D eigenvalue weighted by atomic mass is 16.5. The van der Waals surface area contributed by atoms with Crippen molar-refractivity contribution in [1.82, 2.24) is 15.5 Å². The lowest BCUT2D eigenvalue weighted by Crippen LogP contribution is -2.38. The van der Waals surface area contributed by atoms with Crippen molar-refractivity contribution < 1.29 is 9.47 Å². The molecule has 1 aliphatic rings. The van der Waals surface area contributed by atoms with Gasteiger partial charge >= 0.3 is 0 Å². The molecule has 6 heteroatoms. The van der Waals surface area contributed by atoms with E-state index in [1.165, 1.54) is 11.1 Å². The summed E-state index contributed by atoms with van der Waals surface area (Å²) in [5.41, 5.74) is 2.62. The number of aliphatic imine (C=N–C) groups is 1. The second kappa shape index (κ2) is 14.4. The molecule has 0 bridgehead atoms. The van der Waals surface area contributed by atoms with Crippen molar-refractivity contribution >= 4 is 5.96 Å². The highest BCUT2D eigenvalue weighted by Gasteiger charge is 2.13. The quantitative estimate of drug-likeness (QED) is 0.309. The summed E-state index contributed by atoms with van der Waals surface area (Å²) in [4.78, 5) is 7.16. The summed E-state index contributed by atoms with van der Waals surface area (Å²) in [5, 5.41) is 6.78. The largest absolute Gasteiger partial charge is 0.381 e. The lowest BCUT2D eigenvalue weighted by Gasteiger charge is -2.22. The number of nitrogens with one attached hydrogen (secondary N) is 2. The van der Waals surface area contributed by atoms with Crippen molar-refractivity contribution in [2.45, 2.75) is 59.2 Å². The fraction of sp³-hybridized carbons (Fsp3) is 0.708. The van der Waals surface area contributed by atoms with Gasteiger partial charge in [-0.3, -0.25) is 4.90 Å². The van der Waals surface area contributed by atoms with Crippen LogP contribution in [0.3, 0.4) is 0 Å². The minimum Gasteiger partial charge on any atom is -0.381 e. The first-order valence-electron chi connectivity index (χ1n) is 11.5. The zero-order valence-corrected chi connectivity index (χ0v) is 19.5. The Bertz CT molecular complexity index is 615. The topological polar surface area (TPSA) is 58.1 Å². The molecule has 0 radical (unpaired) electrons. The predicted molar refractivity (Wildman–Crippen MR) is 125 cm³/mol. The van der Waals surface area contributed by atoms with E-state index in [1.54, 1.807) is 0 Å². The van der Waals surface area contributed by atoms with Gasteiger partial charge in [0, 0.05) is 52.1 Å². The van der Waals surface area contributed by atoms with Gasteiger partial charge in [0.1, 0.15) is 0 Å². The number of guanidine groups is 1. The molecule has 0 aromatic heterocycles. The van der Waals surface area contributed by atoms with Gasteiger partial charge in [0.25, 0.3) is 0 Å². The number of ether oxygens (including phenoxy) is 2. The van der Waals surface area contributed by atoms with Crippen LogP contribution < -0.4 is 10.6 Å². The second-order valence-electron chi connectivity index (χ2n) is 8.38. The molecule has 0 saturated carbocycles. The molecule has 170 valence electrons. The Morgan fingerprint density at radius 3 is 2.63 bits per heavy atom. The fourth-order valence-corrected chi connectivity index (χ4v) is 3.37. The van der Waals surface area contributed by atoms with Gasteiger partial charge in [0.15, 0.2) is 5.96 Å². The molecule has 0 amide bonds. The average molecular weight is 419 g/mol. The van der Waals surface area contributed by atoms with Gasteiger partial charge in [-0.2, -0.15) is 0 Å². The van der Waals surface area contributed by atoms with Crippen molar-refractivity contribution in [3.8, 4) is 0 Å².